The van der Waals surface area contributed by atoms with E-state index >= 15 is 0 Å². The number of hydrogen-bond donors (Lipinski definition) is 1. The Bertz CT molecular complexity index is 989. The van der Waals surface area contributed by atoms with E-state index in [1.165, 1.54) is 0 Å². The minimum Gasteiger partial charge on any atom is -0.350 e. The highest BCUT2D eigenvalue weighted by Crippen LogP contribution is 2.41. The summed E-state index contributed by atoms with van der Waals surface area (Å²) in [6.45, 7) is 0.345. The van der Waals surface area contributed by atoms with Gasteiger partial charge in [0.1, 0.15) is 0 Å². The van der Waals surface area contributed by atoms with Gasteiger partial charge < -0.3 is 10.2 Å². The highest BCUT2D eigenvalue weighted by atomic mass is 16.2. The van der Waals surface area contributed by atoms with Crippen molar-refractivity contribution < 1.29 is 9.59 Å². The summed E-state index contributed by atoms with van der Waals surface area (Å²) in [7, 11) is 1.76. The number of likely N-dealkylation sites (N-methyl/N-ethyl adjacent to an activating group) is 1. The number of amides is 2. The first-order chi connectivity index (χ1) is 13.7. The fourth-order valence-electron chi connectivity index (χ4n) is 3.81. The molecule has 2 atom stereocenters. The first-order valence-electron chi connectivity index (χ1n) is 9.25. The van der Waals surface area contributed by atoms with E-state index in [0.717, 1.165) is 16.8 Å². The fraction of sp³-hybridized carbons (Fsp3) is 0.174. The molecule has 5 nitrogen and oxygen atoms in total. The van der Waals surface area contributed by atoms with Crippen molar-refractivity contribution in [2.45, 2.75) is 18.5 Å². The average molecular weight is 371 g/mol. The van der Waals surface area contributed by atoms with Crippen LogP contribution in [0.2, 0.25) is 0 Å². The van der Waals surface area contributed by atoms with Gasteiger partial charge in [0.25, 0.3) is 5.91 Å². The molecule has 2 unspecified atom stereocenters. The lowest BCUT2D eigenvalue weighted by Gasteiger charge is -2.39. The number of rotatable bonds is 4. The third-order valence-corrected chi connectivity index (χ3v) is 5.17. The van der Waals surface area contributed by atoms with Crippen molar-refractivity contribution >= 4 is 11.8 Å². The van der Waals surface area contributed by atoms with Crippen LogP contribution in [0.15, 0.2) is 79.0 Å². The van der Waals surface area contributed by atoms with Gasteiger partial charge in [0.05, 0.1) is 24.2 Å². The van der Waals surface area contributed by atoms with Crippen molar-refractivity contribution in [3.63, 3.8) is 0 Å². The summed E-state index contributed by atoms with van der Waals surface area (Å²) in [5.74, 6) is -0.686. The molecule has 0 bridgehead atoms. The van der Waals surface area contributed by atoms with Gasteiger partial charge in [-0.15, -0.1) is 0 Å². The van der Waals surface area contributed by atoms with Gasteiger partial charge in [0, 0.05) is 18.8 Å². The number of pyridine rings is 1. The summed E-state index contributed by atoms with van der Waals surface area (Å²) in [5.41, 5.74) is 3.07. The van der Waals surface area contributed by atoms with Gasteiger partial charge in [-0.05, 0) is 29.3 Å². The number of nitrogens with zero attached hydrogens (tertiary/aromatic N) is 2. The topological polar surface area (TPSA) is 62.3 Å². The Morgan fingerprint density at radius 2 is 1.71 bits per heavy atom. The van der Waals surface area contributed by atoms with Crippen LogP contribution in [-0.2, 0) is 11.3 Å². The van der Waals surface area contributed by atoms with Crippen LogP contribution < -0.4 is 5.32 Å². The molecular weight excluding hydrogens is 350 g/mol. The zero-order valence-corrected chi connectivity index (χ0v) is 15.6. The summed E-state index contributed by atoms with van der Waals surface area (Å²) in [6.07, 6.45) is 1.70. The monoisotopic (exact) mass is 371 g/mol. The second-order valence-electron chi connectivity index (χ2n) is 6.88. The molecule has 3 aromatic rings. The van der Waals surface area contributed by atoms with Gasteiger partial charge in [0.2, 0.25) is 5.91 Å². The van der Waals surface area contributed by atoms with Crippen LogP contribution in [0.3, 0.4) is 0 Å². The van der Waals surface area contributed by atoms with Crippen LogP contribution in [0.25, 0.3) is 0 Å². The van der Waals surface area contributed by atoms with Crippen molar-refractivity contribution in [1.82, 2.24) is 15.2 Å². The third kappa shape index (κ3) is 3.27. The second kappa shape index (κ2) is 7.64. The molecule has 0 radical (unpaired) electrons. The summed E-state index contributed by atoms with van der Waals surface area (Å²) in [4.78, 5) is 32.2. The Kier molecular flexibility index (Phi) is 4.89. The first kappa shape index (κ1) is 17.9. The van der Waals surface area contributed by atoms with Crippen molar-refractivity contribution in [2.24, 2.45) is 0 Å². The fourth-order valence-corrected chi connectivity index (χ4v) is 3.81. The zero-order valence-electron chi connectivity index (χ0n) is 15.6. The molecule has 0 aliphatic carbocycles. The van der Waals surface area contributed by atoms with Crippen LogP contribution in [0, 0.1) is 0 Å². The van der Waals surface area contributed by atoms with E-state index in [9.17, 15) is 9.59 Å². The van der Waals surface area contributed by atoms with Gasteiger partial charge in [-0.1, -0.05) is 54.6 Å². The molecule has 0 spiro atoms. The highest BCUT2D eigenvalue weighted by molar-refractivity contribution is 6.01. The molecule has 2 amide bonds. The number of aromatic nitrogens is 1. The Morgan fingerprint density at radius 3 is 2.46 bits per heavy atom. The lowest BCUT2D eigenvalue weighted by Crippen LogP contribution is -2.45. The summed E-state index contributed by atoms with van der Waals surface area (Å²) < 4.78 is 0. The minimum atomic E-state index is -0.495. The van der Waals surface area contributed by atoms with Crippen LogP contribution in [0.1, 0.15) is 39.1 Å². The third-order valence-electron chi connectivity index (χ3n) is 5.17. The molecule has 140 valence electrons. The lowest BCUT2D eigenvalue weighted by atomic mass is 9.79. The Morgan fingerprint density at radius 1 is 1.00 bits per heavy atom. The van der Waals surface area contributed by atoms with Gasteiger partial charge in [0.15, 0.2) is 0 Å². The van der Waals surface area contributed by atoms with Crippen molar-refractivity contribution in [3.05, 3.63) is 101 Å². The molecule has 4 rings (SSSR count). The number of benzene rings is 2. The molecule has 5 heteroatoms. The Labute approximate surface area is 164 Å². The van der Waals surface area contributed by atoms with Gasteiger partial charge in [-0.25, -0.2) is 0 Å². The molecule has 1 aliphatic heterocycles. The van der Waals surface area contributed by atoms with E-state index in [4.69, 9.17) is 0 Å². The molecule has 2 heterocycles. The van der Waals surface area contributed by atoms with Gasteiger partial charge in [-0.3, -0.25) is 14.6 Å². The van der Waals surface area contributed by atoms with Crippen LogP contribution in [0.4, 0.5) is 0 Å². The molecule has 0 saturated heterocycles. The number of nitrogens with one attached hydrogen (secondary N) is 1. The maximum absolute atomic E-state index is 13.3. The van der Waals surface area contributed by atoms with Crippen LogP contribution >= 0.6 is 0 Å². The van der Waals surface area contributed by atoms with Crippen LogP contribution in [-0.4, -0.2) is 28.7 Å². The summed E-state index contributed by atoms with van der Waals surface area (Å²) in [6, 6.07) is 22.3. The predicted molar refractivity (Wildman–Crippen MR) is 107 cm³/mol. The maximum Gasteiger partial charge on any atom is 0.254 e. The van der Waals surface area contributed by atoms with E-state index in [1.54, 1.807) is 24.2 Å². The van der Waals surface area contributed by atoms with E-state index in [1.807, 2.05) is 66.7 Å². The summed E-state index contributed by atoms with van der Waals surface area (Å²) in [5, 5.41) is 3.01. The van der Waals surface area contributed by atoms with Crippen molar-refractivity contribution in [2.75, 3.05) is 7.05 Å². The number of hydrogen-bond acceptors (Lipinski definition) is 3. The molecule has 1 aromatic heterocycles. The highest BCUT2D eigenvalue weighted by Gasteiger charge is 2.42. The Balaban J connectivity index is 1.72. The molecule has 0 fully saturated rings. The quantitative estimate of drug-likeness (QED) is 0.765. The van der Waals surface area contributed by atoms with E-state index < -0.39 is 5.92 Å². The first-order valence-corrected chi connectivity index (χ1v) is 9.25. The van der Waals surface area contributed by atoms with Gasteiger partial charge >= 0.3 is 0 Å². The summed E-state index contributed by atoms with van der Waals surface area (Å²) >= 11 is 0. The Hall–Kier alpha value is -3.47. The molecule has 2 aromatic carbocycles. The molecule has 0 saturated carbocycles. The molecule has 28 heavy (non-hydrogen) atoms. The number of fused-ring (bicyclic) bond motifs is 1. The SMILES string of the molecule is CN1C(=O)c2ccccc2C(C(=O)NCc2ccccn2)C1c1ccccc1. The zero-order chi connectivity index (χ0) is 19.5. The largest absolute Gasteiger partial charge is 0.350 e. The van der Waals surface area contributed by atoms with Crippen molar-refractivity contribution in [3.8, 4) is 0 Å². The number of carbonyl (C=O) groups excluding carboxylic acids is 2. The second-order valence-corrected chi connectivity index (χ2v) is 6.88. The standard InChI is InChI=1S/C23H21N3O2/c1-26-21(16-9-3-2-4-10-16)20(18-12-5-6-13-19(18)23(26)28)22(27)25-15-17-11-7-8-14-24-17/h2-14,20-21H,15H2,1H3,(H,25,27). The van der Waals surface area contributed by atoms with E-state index in [0.29, 0.717) is 12.1 Å². The van der Waals surface area contributed by atoms with Gasteiger partial charge in [-0.2, -0.15) is 0 Å². The predicted octanol–water partition coefficient (Wildman–Crippen LogP) is 3.31. The molecular formula is C23H21N3O2. The smallest absolute Gasteiger partial charge is 0.254 e. The average Bonchev–Trinajstić information content (AvgIpc) is 2.75. The number of carbonyl (C=O) groups is 2. The maximum atomic E-state index is 13.3. The molecule has 1 aliphatic rings. The van der Waals surface area contributed by atoms with Crippen LogP contribution in [0.5, 0.6) is 0 Å². The lowest BCUT2D eigenvalue weighted by molar-refractivity contribution is -0.124. The van der Waals surface area contributed by atoms with E-state index in [2.05, 4.69) is 10.3 Å². The van der Waals surface area contributed by atoms with E-state index in [-0.39, 0.29) is 17.9 Å². The van der Waals surface area contributed by atoms with Crippen molar-refractivity contribution in [1.29, 1.82) is 0 Å². The molecule has 1 N–H and O–H groups in total. The normalized spacial score (nSPS) is 18.5. The minimum absolute atomic E-state index is 0.0711.